The van der Waals surface area contributed by atoms with Crippen LogP contribution >= 0.6 is 12.2 Å². The monoisotopic (exact) mass is 364 g/mol. The summed E-state index contributed by atoms with van der Waals surface area (Å²) in [6.07, 6.45) is 0.563. The first-order chi connectivity index (χ1) is 11.8. The molecule has 0 bridgehead atoms. The highest BCUT2D eigenvalue weighted by atomic mass is 32.1. The lowest BCUT2D eigenvalue weighted by atomic mass is 10.1. The number of esters is 1. The predicted molar refractivity (Wildman–Crippen MR) is 95.5 cm³/mol. The molecule has 0 aliphatic rings. The van der Waals surface area contributed by atoms with E-state index in [1.54, 1.807) is 19.9 Å². The van der Waals surface area contributed by atoms with Crippen LogP contribution in [0.1, 0.15) is 43.0 Å². The summed E-state index contributed by atoms with van der Waals surface area (Å²) in [5.74, 6) is -0.940. The average Bonchev–Trinajstić information content (AvgIpc) is 2.55. The van der Waals surface area contributed by atoms with Gasteiger partial charge in [0.05, 0.1) is 13.0 Å². The number of ether oxygens (including phenoxy) is 1. The summed E-state index contributed by atoms with van der Waals surface area (Å²) >= 11 is 4.99. The molecular weight excluding hydrogens is 344 g/mol. The lowest BCUT2D eigenvalue weighted by molar-refractivity contribution is -0.144. The zero-order chi connectivity index (χ0) is 19.0. The largest absolute Gasteiger partial charge is 0.466 e. The number of carbonyl (C=O) groups excluding carboxylic acids is 2. The number of aromatic nitrogens is 1. The number of hydrogen-bond acceptors (Lipinski definition) is 6. The van der Waals surface area contributed by atoms with Gasteiger partial charge in [0.2, 0.25) is 5.91 Å². The van der Waals surface area contributed by atoms with Gasteiger partial charge in [-0.1, -0.05) is 6.92 Å². The Morgan fingerprint density at radius 2 is 2.04 bits per heavy atom. The molecule has 9 heteroatoms. The van der Waals surface area contributed by atoms with Crippen molar-refractivity contribution in [1.82, 2.24) is 9.99 Å². The summed E-state index contributed by atoms with van der Waals surface area (Å²) in [6, 6.07) is 3.49. The quantitative estimate of drug-likeness (QED) is 0.572. The first kappa shape index (κ1) is 20.3. The highest BCUT2D eigenvalue weighted by Gasteiger charge is 2.13. The molecule has 0 spiro atoms. The molecule has 2 N–H and O–H groups in total. The van der Waals surface area contributed by atoms with Crippen molar-refractivity contribution >= 4 is 29.2 Å². The minimum Gasteiger partial charge on any atom is -0.466 e. The van der Waals surface area contributed by atoms with Crippen LogP contribution in [0, 0.1) is 25.2 Å². The standard InChI is InChI=1S/C16H20N4O4S/c1-4-7-24-14(22)6-5-13(21)18-16(25)19-20-11(3)8-10(2)12(9-17)15(20)23/h8H,4-7H2,1-3H3,(H2,18,19,21,25). The molecule has 8 nitrogen and oxygen atoms in total. The van der Waals surface area contributed by atoms with Crippen LogP contribution in [0.2, 0.25) is 0 Å². The van der Waals surface area contributed by atoms with Crippen molar-refractivity contribution in [2.75, 3.05) is 12.0 Å². The smallest absolute Gasteiger partial charge is 0.306 e. The number of thiocarbonyl (C=S) groups is 1. The van der Waals surface area contributed by atoms with Gasteiger partial charge in [0, 0.05) is 12.1 Å². The number of rotatable bonds is 6. The number of nitriles is 1. The van der Waals surface area contributed by atoms with Crippen LogP contribution in [0.25, 0.3) is 0 Å². The van der Waals surface area contributed by atoms with Crippen molar-refractivity contribution in [2.24, 2.45) is 0 Å². The van der Waals surface area contributed by atoms with E-state index >= 15 is 0 Å². The van der Waals surface area contributed by atoms with Gasteiger partial charge in [-0.15, -0.1) is 0 Å². The molecule has 0 radical (unpaired) electrons. The van der Waals surface area contributed by atoms with Gasteiger partial charge in [0.25, 0.3) is 5.56 Å². The Morgan fingerprint density at radius 3 is 2.64 bits per heavy atom. The molecule has 0 unspecified atom stereocenters. The van der Waals surface area contributed by atoms with Crippen LogP contribution in [-0.4, -0.2) is 28.3 Å². The first-order valence-electron chi connectivity index (χ1n) is 7.70. The van der Waals surface area contributed by atoms with Gasteiger partial charge in [0.15, 0.2) is 5.11 Å². The van der Waals surface area contributed by atoms with E-state index in [0.717, 1.165) is 4.68 Å². The summed E-state index contributed by atoms with van der Waals surface area (Å²) < 4.78 is 5.95. The van der Waals surface area contributed by atoms with E-state index in [9.17, 15) is 14.4 Å². The SMILES string of the molecule is CCCOC(=O)CCC(=O)NC(=S)Nn1c(C)cc(C)c(C#N)c1=O. The molecule has 0 atom stereocenters. The minimum atomic E-state index is -0.556. The van der Waals surface area contributed by atoms with Crippen molar-refractivity contribution in [1.29, 1.82) is 5.26 Å². The molecule has 0 aliphatic carbocycles. The van der Waals surface area contributed by atoms with E-state index in [0.29, 0.717) is 24.3 Å². The lowest BCUT2D eigenvalue weighted by Gasteiger charge is -2.15. The fraction of sp³-hybridized carbons (Fsp3) is 0.438. The Kier molecular flexibility index (Phi) is 7.75. The van der Waals surface area contributed by atoms with E-state index in [2.05, 4.69) is 10.7 Å². The Bertz CT molecular complexity index is 780. The Morgan fingerprint density at radius 1 is 1.36 bits per heavy atom. The summed E-state index contributed by atoms with van der Waals surface area (Å²) in [7, 11) is 0. The average molecular weight is 364 g/mol. The van der Waals surface area contributed by atoms with Gasteiger partial charge in [-0.2, -0.15) is 5.26 Å². The van der Waals surface area contributed by atoms with Crippen molar-refractivity contribution in [3.8, 4) is 6.07 Å². The molecule has 1 heterocycles. The maximum Gasteiger partial charge on any atom is 0.306 e. The molecule has 134 valence electrons. The molecule has 1 amide bonds. The summed E-state index contributed by atoms with van der Waals surface area (Å²) in [6.45, 7) is 5.51. The van der Waals surface area contributed by atoms with Gasteiger partial charge >= 0.3 is 5.97 Å². The molecule has 0 saturated carbocycles. The van der Waals surface area contributed by atoms with E-state index in [-0.39, 0.29) is 23.5 Å². The molecule has 1 rings (SSSR count). The second-order valence-electron chi connectivity index (χ2n) is 5.31. The second-order valence-corrected chi connectivity index (χ2v) is 5.71. The summed E-state index contributed by atoms with van der Waals surface area (Å²) in [4.78, 5) is 35.4. The lowest BCUT2D eigenvalue weighted by Crippen LogP contribution is -2.43. The molecule has 25 heavy (non-hydrogen) atoms. The third kappa shape index (κ3) is 6.00. The number of nitrogens with one attached hydrogen (secondary N) is 2. The molecule has 0 aromatic carbocycles. The number of amides is 1. The molecule has 0 fully saturated rings. The van der Waals surface area contributed by atoms with E-state index in [4.69, 9.17) is 22.2 Å². The summed E-state index contributed by atoms with van der Waals surface area (Å²) in [5.41, 5.74) is 3.09. The molecule has 0 aliphatic heterocycles. The zero-order valence-corrected chi connectivity index (χ0v) is 15.2. The van der Waals surface area contributed by atoms with Crippen molar-refractivity contribution in [3.05, 3.63) is 33.2 Å². The Balaban J connectivity index is 2.66. The van der Waals surface area contributed by atoms with E-state index in [1.165, 1.54) is 0 Å². The predicted octanol–water partition coefficient (Wildman–Crippen LogP) is 1.01. The molecule has 1 aromatic rings. The van der Waals surface area contributed by atoms with E-state index < -0.39 is 17.4 Å². The fourth-order valence-electron chi connectivity index (χ4n) is 1.99. The number of aryl methyl sites for hydroxylation is 2. The maximum atomic E-state index is 12.2. The van der Waals surface area contributed by atoms with Gasteiger partial charge in [-0.3, -0.25) is 19.8 Å². The number of hydrogen-bond donors (Lipinski definition) is 2. The van der Waals surface area contributed by atoms with Crippen LogP contribution in [0.15, 0.2) is 10.9 Å². The van der Waals surface area contributed by atoms with Crippen LogP contribution in [-0.2, 0) is 14.3 Å². The first-order valence-corrected chi connectivity index (χ1v) is 8.10. The topological polar surface area (TPSA) is 113 Å². The zero-order valence-electron chi connectivity index (χ0n) is 14.3. The highest BCUT2D eigenvalue weighted by Crippen LogP contribution is 2.04. The van der Waals surface area contributed by atoms with Crippen molar-refractivity contribution < 1.29 is 14.3 Å². The van der Waals surface area contributed by atoms with Crippen molar-refractivity contribution in [2.45, 2.75) is 40.0 Å². The minimum absolute atomic E-state index is 0.00843. The Labute approximate surface area is 150 Å². The number of pyridine rings is 1. The van der Waals surface area contributed by atoms with Gasteiger partial charge < -0.3 is 10.1 Å². The summed E-state index contributed by atoms with van der Waals surface area (Å²) in [5, 5.41) is 11.3. The van der Waals surface area contributed by atoms with Crippen LogP contribution < -0.4 is 16.3 Å². The maximum absolute atomic E-state index is 12.2. The Hall–Kier alpha value is -2.73. The second kappa shape index (κ2) is 9.54. The van der Waals surface area contributed by atoms with Crippen LogP contribution in [0.4, 0.5) is 0 Å². The van der Waals surface area contributed by atoms with Gasteiger partial charge in [-0.05, 0) is 44.1 Å². The van der Waals surface area contributed by atoms with Crippen LogP contribution in [0.3, 0.4) is 0 Å². The molecule has 1 aromatic heterocycles. The van der Waals surface area contributed by atoms with Gasteiger partial charge in [-0.25, -0.2) is 4.68 Å². The molecule has 0 saturated heterocycles. The number of nitrogens with zero attached hydrogens (tertiary/aromatic N) is 2. The number of carbonyl (C=O) groups is 2. The molecular formula is C16H20N4O4S. The highest BCUT2D eigenvalue weighted by molar-refractivity contribution is 7.80. The normalized spacial score (nSPS) is 9.84. The van der Waals surface area contributed by atoms with E-state index in [1.807, 2.05) is 13.0 Å². The van der Waals surface area contributed by atoms with Crippen LogP contribution in [0.5, 0.6) is 0 Å². The van der Waals surface area contributed by atoms with Crippen molar-refractivity contribution in [3.63, 3.8) is 0 Å². The third-order valence-electron chi connectivity index (χ3n) is 3.19. The fourth-order valence-corrected chi connectivity index (χ4v) is 2.19. The third-order valence-corrected chi connectivity index (χ3v) is 3.38. The van der Waals surface area contributed by atoms with Gasteiger partial charge in [0.1, 0.15) is 11.6 Å².